The van der Waals surface area contributed by atoms with Gasteiger partial charge in [-0.3, -0.25) is 4.79 Å². The van der Waals surface area contributed by atoms with Crippen molar-refractivity contribution in [3.05, 3.63) is 0 Å². The molecule has 0 aromatic rings. The van der Waals surface area contributed by atoms with Crippen molar-refractivity contribution in [2.75, 3.05) is 0 Å². The number of nitrogens with zero attached hydrogens (tertiary/aromatic N) is 1. The van der Waals surface area contributed by atoms with E-state index in [9.17, 15) is 14.7 Å². The van der Waals surface area contributed by atoms with Crippen LogP contribution in [0, 0.1) is 0 Å². The number of hydrogen-bond donors (Lipinski definition) is 2. The van der Waals surface area contributed by atoms with Gasteiger partial charge in [-0.1, -0.05) is 0 Å². The maximum absolute atomic E-state index is 12.3. The highest BCUT2D eigenvalue weighted by Crippen LogP contribution is 2.36. The van der Waals surface area contributed by atoms with E-state index < -0.39 is 11.7 Å². The third-order valence-electron chi connectivity index (χ3n) is 4.18. The summed E-state index contributed by atoms with van der Waals surface area (Å²) in [6, 6.07) is 0.373. The average Bonchev–Trinajstić information content (AvgIpc) is 2.58. The van der Waals surface area contributed by atoms with Crippen molar-refractivity contribution in [1.82, 2.24) is 10.2 Å². The number of carbonyl (C=O) groups is 2. The molecule has 2 rings (SSSR count). The number of nitrogens with one attached hydrogen (secondary N) is 1. The Morgan fingerprint density at radius 2 is 1.82 bits per heavy atom. The minimum absolute atomic E-state index is 0.0856. The molecule has 2 N–H and O–H groups in total. The summed E-state index contributed by atoms with van der Waals surface area (Å²) in [5.74, 6) is -0.120. The number of rotatable bonds is 3. The molecule has 2 bridgehead atoms. The molecule has 2 amide bonds. The van der Waals surface area contributed by atoms with E-state index in [0.29, 0.717) is 0 Å². The molecular formula is C16H28N2O4. The minimum Gasteiger partial charge on any atom is -0.444 e. The maximum Gasteiger partial charge on any atom is 0.410 e. The summed E-state index contributed by atoms with van der Waals surface area (Å²) in [6.07, 6.45) is 2.72. The SMILES string of the molecule is CC(O)CC(=O)N[C@H]1C[C@H]2CC[C@@H](C1)N2C(=O)OC(C)(C)C. The topological polar surface area (TPSA) is 78.9 Å². The molecule has 0 aliphatic carbocycles. The zero-order valence-corrected chi connectivity index (χ0v) is 14.0. The lowest BCUT2D eigenvalue weighted by atomic mass is 9.97. The lowest BCUT2D eigenvalue weighted by molar-refractivity contribution is -0.123. The second-order valence-electron chi connectivity index (χ2n) is 7.56. The molecule has 6 heteroatoms. The normalized spacial score (nSPS) is 29.1. The number of piperidine rings is 1. The Hall–Kier alpha value is -1.30. The first-order chi connectivity index (χ1) is 10.2. The van der Waals surface area contributed by atoms with Gasteiger partial charge in [0.1, 0.15) is 5.60 Å². The van der Waals surface area contributed by atoms with Crippen molar-refractivity contribution in [1.29, 1.82) is 0 Å². The van der Waals surface area contributed by atoms with Crippen molar-refractivity contribution < 1.29 is 19.4 Å². The van der Waals surface area contributed by atoms with Crippen LogP contribution in [0.4, 0.5) is 4.79 Å². The second-order valence-corrected chi connectivity index (χ2v) is 7.56. The Kier molecular flexibility index (Phi) is 5.00. The Labute approximate surface area is 132 Å². The van der Waals surface area contributed by atoms with Gasteiger partial charge >= 0.3 is 6.09 Å². The first kappa shape index (κ1) is 17.1. The predicted molar refractivity (Wildman–Crippen MR) is 82.3 cm³/mol. The largest absolute Gasteiger partial charge is 0.444 e. The van der Waals surface area contributed by atoms with Gasteiger partial charge in [-0.2, -0.15) is 0 Å². The number of aliphatic hydroxyl groups is 1. The molecule has 6 nitrogen and oxygen atoms in total. The number of carbonyl (C=O) groups excluding carboxylic acids is 2. The zero-order valence-electron chi connectivity index (χ0n) is 14.0. The van der Waals surface area contributed by atoms with E-state index in [1.807, 2.05) is 25.7 Å². The van der Waals surface area contributed by atoms with E-state index in [4.69, 9.17) is 4.74 Å². The lowest BCUT2D eigenvalue weighted by Gasteiger charge is -2.39. The standard InChI is InChI=1S/C16H28N2O4/c1-10(19)7-14(20)17-11-8-12-5-6-13(9-11)18(12)15(21)22-16(2,3)4/h10-13,19H,5-9H2,1-4H3,(H,17,20)/t10?,11-,12+,13-. The van der Waals surface area contributed by atoms with Crippen molar-refractivity contribution >= 4 is 12.0 Å². The highest BCUT2D eigenvalue weighted by molar-refractivity contribution is 5.76. The molecule has 126 valence electrons. The van der Waals surface area contributed by atoms with Crippen LogP contribution in [0.3, 0.4) is 0 Å². The first-order valence-electron chi connectivity index (χ1n) is 8.14. The van der Waals surface area contributed by atoms with Gasteiger partial charge in [0.05, 0.1) is 12.5 Å². The van der Waals surface area contributed by atoms with Crippen molar-refractivity contribution in [3.63, 3.8) is 0 Å². The van der Waals surface area contributed by atoms with Gasteiger partial charge in [0, 0.05) is 18.1 Å². The van der Waals surface area contributed by atoms with Crippen LogP contribution in [-0.4, -0.2) is 51.8 Å². The van der Waals surface area contributed by atoms with E-state index in [1.165, 1.54) is 0 Å². The van der Waals surface area contributed by atoms with Gasteiger partial charge in [-0.05, 0) is 53.4 Å². The number of amides is 2. The fraction of sp³-hybridized carbons (Fsp3) is 0.875. The smallest absolute Gasteiger partial charge is 0.410 e. The number of ether oxygens (including phenoxy) is 1. The van der Waals surface area contributed by atoms with Gasteiger partial charge in [0.25, 0.3) is 0 Å². The average molecular weight is 312 g/mol. The summed E-state index contributed by atoms with van der Waals surface area (Å²) in [6.45, 7) is 7.22. The zero-order chi connectivity index (χ0) is 16.5. The Bertz CT molecular complexity index is 416. The number of aliphatic hydroxyl groups excluding tert-OH is 1. The molecule has 0 aromatic carbocycles. The summed E-state index contributed by atoms with van der Waals surface area (Å²) in [7, 11) is 0. The van der Waals surface area contributed by atoms with Gasteiger partial charge < -0.3 is 20.1 Å². The fourth-order valence-corrected chi connectivity index (χ4v) is 3.46. The van der Waals surface area contributed by atoms with E-state index in [1.54, 1.807) is 6.92 Å². The van der Waals surface area contributed by atoms with Crippen molar-refractivity contribution in [2.45, 2.75) is 89.6 Å². The van der Waals surface area contributed by atoms with Gasteiger partial charge in [0.15, 0.2) is 0 Å². The van der Waals surface area contributed by atoms with Crippen LogP contribution >= 0.6 is 0 Å². The Balaban J connectivity index is 1.91. The Morgan fingerprint density at radius 3 is 2.27 bits per heavy atom. The molecule has 0 saturated carbocycles. The van der Waals surface area contributed by atoms with Crippen LogP contribution in [0.1, 0.15) is 59.8 Å². The Morgan fingerprint density at radius 1 is 1.27 bits per heavy atom. The van der Waals surface area contributed by atoms with E-state index >= 15 is 0 Å². The number of fused-ring (bicyclic) bond motifs is 2. The molecule has 0 aromatic heterocycles. The molecule has 2 aliphatic heterocycles. The first-order valence-corrected chi connectivity index (χ1v) is 8.14. The quantitative estimate of drug-likeness (QED) is 0.833. The van der Waals surface area contributed by atoms with Crippen molar-refractivity contribution in [2.24, 2.45) is 0 Å². The molecule has 4 atom stereocenters. The summed E-state index contributed by atoms with van der Waals surface area (Å²) < 4.78 is 5.49. The molecule has 22 heavy (non-hydrogen) atoms. The van der Waals surface area contributed by atoms with Crippen LogP contribution < -0.4 is 5.32 Å². The summed E-state index contributed by atoms with van der Waals surface area (Å²) >= 11 is 0. The van der Waals surface area contributed by atoms with E-state index in [0.717, 1.165) is 25.7 Å². The highest BCUT2D eigenvalue weighted by atomic mass is 16.6. The molecule has 2 saturated heterocycles. The third kappa shape index (κ3) is 4.35. The van der Waals surface area contributed by atoms with Gasteiger partial charge in [-0.15, -0.1) is 0 Å². The van der Waals surface area contributed by atoms with Crippen LogP contribution in [0.5, 0.6) is 0 Å². The molecule has 2 aliphatic rings. The molecule has 0 radical (unpaired) electrons. The summed E-state index contributed by atoms with van der Waals surface area (Å²) in [5.41, 5.74) is -0.487. The summed E-state index contributed by atoms with van der Waals surface area (Å²) in [5, 5.41) is 12.2. The summed E-state index contributed by atoms with van der Waals surface area (Å²) in [4.78, 5) is 26.0. The third-order valence-corrected chi connectivity index (χ3v) is 4.18. The fourth-order valence-electron chi connectivity index (χ4n) is 3.46. The monoisotopic (exact) mass is 312 g/mol. The molecule has 2 fully saturated rings. The number of hydrogen-bond acceptors (Lipinski definition) is 4. The van der Waals surface area contributed by atoms with Gasteiger partial charge in [-0.25, -0.2) is 4.79 Å². The van der Waals surface area contributed by atoms with E-state index in [2.05, 4.69) is 5.32 Å². The second kappa shape index (κ2) is 6.44. The molecule has 2 heterocycles. The van der Waals surface area contributed by atoms with Crippen molar-refractivity contribution in [3.8, 4) is 0 Å². The van der Waals surface area contributed by atoms with Crippen LogP contribution in [-0.2, 0) is 9.53 Å². The molecule has 0 spiro atoms. The van der Waals surface area contributed by atoms with Crippen LogP contribution in [0.25, 0.3) is 0 Å². The van der Waals surface area contributed by atoms with Crippen LogP contribution in [0.15, 0.2) is 0 Å². The highest BCUT2D eigenvalue weighted by Gasteiger charge is 2.45. The lowest BCUT2D eigenvalue weighted by Crippen LogP contribution is -2.53. The minimum atomic E-state index is -0.626. The predicted octanol–water partition coefficient (Wildman–Crippen LogP) is 1.80. The molecular weight excluding hydrogens is 284 g/mol. The molecule has 1 unspecified atom stereocenters. The van der Waals surface area contributed by atoms with Crippen LogP contribution in [0.2, 0.25) is 0 Å². The van der Waals surface area contributed by atoms with Gasteiger partial charge in [0.2, 0.25) is 5.91 Å². The maximum atomic E-state index is 12.3. The van der Waals surface area contributed by atoms with E-state index in [-0.39, 0.29) is 36.5 Å².